The predicted octanol–water partition coefficient (Wildman–Crippen LogP) is 5.76. The summed E-state index contributed by atoms with van der Waals surface area (Å²) in [6, 6.07) is 9.72. The highest BCUT2D eigenvalue weighted by Crippen LogP contribution is 2.60. The molecule has 1 saturated carbocycles. The van der Waals surface area contributed by atoms with E-state index < -0.39 is 23.2 Å². The van der Waals surface area contributed by atoms with Gasteiger partial charge in [-0.3, -0.25) is 9.69 Å². The van der Waals surface area contributed by atoms with Gasteiger partial charge in [0.15, 0.2) is 0 Å². The fraction of sp³-hybridized carbons (Fsp3) is 0.323. The lowest BCUT2D eigenvalue weighted by Gasteiger charge is -2.43. The van der Waals surface area contributed by atoms with E-state index in [-0.39, 0.29) is 34.3 Å². The molecule has 2 saturated heterocycles. The van der Waals surface area contributed by atoms with E-state index in [2.05, 4.69) is 15.5 Å². The highest BCUT2D eigenvalue weighted by molar-refractivity contribution is 6.31. The maximum absolute atomic E-state index is 16.0. The van der Waals surface area contributed by atoms with Crippen LogP contribution in [0.5, 0.6) is 0 Å². The Morgan fingerprint density at radius 3 is 2.71 bits per heavy atom. The van der Waals surface area contributed by atoms with Gasteiger partial charge in [-0.2, -0.15) is 0 Å². The second-order valence-corrected chi connectivity index (χ2v) is 12.3. The molecule has 2 aromatic carbocycles. The SMILES string of the molecule is N=C1C=C(C(=O)O)C=C/C1=C1\C[C@H]2[C@@H](N1)[C@H](c1cccc(Cl)c1F)[C@]1(C(=O)Nc3cc(Cl)ccc31)N2CC1CCC1. The smallest absolute Gasteiger partial charge is 0.335 e. The molecular formula is C31H27Cl2FN4O3. The number of aliphatic carboxylic acids is 1. The van der Waals surface area contributed by atoms with Crippen molar-refractivity contribution in [1.82, 2.24) is 10.2 Å². The summed E-state index contributed by atoms with van der Waals surface area (Å²) in [5, 5.41) is 25.1. The quantitative estimate of drug-likeness (QED) is 0.361. The number of likely N-dealkylation sites (tertiary alicyclic amines) is 1. The number of amides is 1. The third kappa shape index (κ3) is 3.84. The number of carbonyl (C=O) groups excluding carboxylic acids is 1. The van der Waals surface area contributed by atoms with Crippen molar-refractivity contribution in [1.29, 1.82) is 5.41 Å². The third-order valence-electron chi connectivity index (χ3n) is 9.41. The second kappa shape index (κ2) is 9.54. The minimum atomic E-state index is -1.20. The topological polar surface area (TPSA) is 106 Å². The zero-order valence-electron chi connectivity index (χ0n) is 21.9. The summed E-state index contributed by atoms with van der Waals surface area (Å²) in [5.74, 6) is -2.12. The van der Waals surface area contributed by atoms with E-state index in [1.807, 2.05) is 6.07 Å². The number of carbonyl (C=O) groups is 2. The molecule has 1 amide bonds. The number of carboxylic acid groups (broad SMARTS) is 1. The summed E-state index contributed by atoms with van der Waals surface area (Å²) in [4.78, 5) is 28.0. The molecular weight excluding hydrogens is 566 g/mol. The summed E-state index contributed by atoms with van der Waals surface area (Å²) >= 11 is 12.7. The Balaban J connectivity index is 1.42. The van der Waals surface area contributed by atoms with E-state index in [9.17, 15) is 14.7 Å². The van der Waals surface area contributed by atoms with Crippen molar-refractivity contribution >= 4 is 46.5 Å². The molecule has 5 aliphatic rings. The molecule has 10 heteroatoms. The first-order chi connectivity index (χ1) is 19.7. The van der Waals surface area contributed by atoms with Crippen molar-refractivity contribution in [3.8, 4) is 0 Å². The summed E-state index contributed by atoms with van der Waals surface area (Å²) in [6.45, 7) is 0.663. The third-order valence-corrected chi connectivity index (χ3v) is 9.93. The van der Waals surface area contributed by atoms with Crippen LogP contribution in [0.25, 0.3) is 0 Å². The van der Waals surface area contributed by atoms with E-state index in [1.54, 1.807) is 30.3 Å². The average Bonchev–Trinajstić information content (AvgIpc) is 3.52. The summed E-state index contributed by atoms with van der Waals surface area (Å²) < 4.78 is 16.0. The molecule has 0 unspecified atom stereocenters. The monoisotopic (exact) mass is 592 g/mol. The van der Waals surface area contributed by atoms with Gasteiger partial charge in [-0.05, 0) is 54.7 Å². The Bertz CT molecular complexity index is 1630. The summed E-state index contributed by atoms with van der Waals surface area (Å²) in [5.41, 5.74) is 2.04. The van der Waals surface area contributed by atoms with Gasteiger partial charge >= 0.3 is 5.97 Å². The van der Waals surface area contributed by atoms with Crippen molar-refractivity contribution in [2.75, 3.05) is 11.9 Å². The van der Waals surface area contributed by atoms with E-state index in [1.165, 1.54) is 18.2 Å². The number of hydrogen-bond acceptors (Lipinski definition) is 5. The van der Waals surface area contributed by atoms with Gasteiger partial charge in [-0.15, -0.1) is 0 Å². The minimum Gasteiger partial charge on any atom is -0.478 e. The number of carboxylic acids is 1. The maximum atomic E-state index is 16.0. The Kier molecular flexibility index (Phi) is 6.15. The maximum Gasteiger partial charge on any atom is 0.335 e. The van der Waals surface area contributed by atoms with Gasteiger partial charge in [0.25, 0.3) is 0 Å². The van der Waals surface area contributed by atoms with Crippen molar-refractivity contribution < 1.29 is 19.1 Å². The van der Waals surface area contributed by atoms with Crippen molar-refractivity contribution in [3.63, 3.8) is 0 Å². The number of halogens is 3. The number of benzene rings is 2. The van der Waals surface area contributed by atoms with Crippen molar-refractivity contribution in [2.45, 2.75) is 49.2 Å². The standard InChI is InChI=1S/C31H27Cl2FN4O3/c32-17-8-10-20-24(12-17)37-30(41)31(20)26(19-5-2-6-21(33)27(19)34)28-25(38(31)14-15-3-1-4-15)13-23(36-28)18-9-7-16(29(39)40)11-22(18)35/h2,5-12,15,25-26,28,35-36H,1,3-4,13-14H2,(H,37,41)(H,39,40)/b23-18-,35-22?/t25-,26-,28+,31+/m0/s1. The normalized spacial score (nSPS) is 30.6. The molecule has 0 radical (unpaired) electrons. The first-order valence-electron chi connectivity index (χ1n) is 13.7. The number of nitrogens with zero attached hydrogens (tertiary/aromatic N) is 1. The molecule has 3 heterocycles. The van der Waals surface area contributed by atoms with Crippen LogP contribution < -0.4 is 10.6 Å². The number of rotatable bonds is 4. The molecule has 4 atom stereocenters. The number of fused-ring (bicyclic) bond motifs is 3. The lowest BCUT2D eigenvalue weighted by atomic mass is 9.73. The molecule has 0 bridgehead atoms. The Labute approximate surface area is 246 Å². The zero-order chi connectivity index (χ0) is 28.6. The highest BCUT2D eigenvalue weighted by Gasteiger charge is 2.68. The van der Waals surface area contributed by atoms with Gasteiger partial charge in [0.05, 0.1) is 22.3 Å². The average molecular weight is 593 g/mol. The molecule has 3 fully saturated rings. The molecule has 2 aliphatic carbocycles. The van der Waals surface area contributed by atoms with Crippen LogP contribution in [0.15, 0.2) is 71.5 Å². The van der Waals surface area contributed by atoms with Crippen molar-refractivity contribution in [3.05, 3.63) is 98.5 Å². The van der Waals surface area contributed by atoms with Crippen LogP contribution in [0.1, 0.15) is 42.7 Å². The molecule has 3 aliphatic heterocycles. The number of allylic oxidation sites excluding steroid dienone is 3. The first-order valence-corrected chi connectivity index (χ1v) is 14.5. The fourth-order valence-electron chi connectivity index (χ4n) is 7.43. The Morgan fingerprint density at radius 2 is 2.00 bits per heavy atom. The molecule has 1 spiro atoms. The highest BCUT2D eigenvalue weighted by atomic mass is 35.5. The molecule has 41 heavy (non-hydrogen) atoms. The number of hydrogen-bond donors (Lipinski definition) is 4. The van der Waals surface area contributed by atoms with Gasteiger partial charge < -0.3 is 21.1 Å². The molecule has 4 N–H and O–H groups in total. The van der Waals surface area contributed by atoms with E-state index in [0.29, 0.717) is 40.7 Å². The van der Waals surface area contributed by atoms with Gasteiger partial charge in [0, 0.05) is 52.5 Å². The lowest BCUT2D eigenvalue weighted by Crippen LogP contribution is -2.54. The Hall–Kier alpha value is -3.46. The van der Waals surface area contributed by atoms with Crippen molar-refractivity contribution in [2.24, 2.45) is 5.92 Å². The van der Waals surface area contributed by atoms with E-state index in [0.717, 1.165) is 30.5 Å². The predicted molar refractivity (Wildman–Crippen MR) is 155 cm³/mol. The van der Waals surface area contributed by atoms with Gasteiger partial charge in [-0.1, -0.05) is 53.9 Å². The summed E-state index contributed by atoms with van der Waals surface area (Å²) in [7, 11) is 0. The van der Waals surface area contributed by atoms with Gasteiger partial charge in [0.2, 0.25) is 5.91 Å². The number of anilines is 1. The van der Waals surface area contributed by atoms with E-state index in [4.69, 9.17) is 28.6 Å². The molecule has 210 valence electrons. The first kappa shape index (κ1) is 26.4. The van der Waals surface area contributed by atoms with Crippen LogP contribution in [-0.2, 0) is 15.1 Å². The fourth-order valence-corrected chi connectivity index (χ4v) is 7.78. The number of nitrogens with one attached hydrogen (secondary N) is 3. The molecule has 2 aromatic rings. The van der Waals surface area contributed by atoms with Gasteiger partial charge in [-0.25, -0.2) is 9.18 Å². The van der Waals surface area contributed by atoms with Crippen LogP contribution >= 0.6 is 23.2 Å². The molecule has 7 nitrogen and oxygen atoms in total. The Morgan fingerprint density at radius 1 is 1.20 bits per heavy atom. The van der Waals surface area contributed by atoms with Crippen LogP contribution in [0.2, 0.25) is 10.0 Å². The van der Waals surface area contributed by atoms with E-state index >= 15 is 4.39 Å². The summed E-state index contributed by atoms with van der Waals surface area (Å²) in [6.07, 6.45) is 8.23. The van der Waals surface area contributed by atoms with Crippen LogP contribution in [-0.4, -0.2) is 46.2 Å². The second-order valence-electron chi connectivity index (χ2n) is 11.5. The van der Waals surface area contributed by atoms with Crippen LogP contribution in [0.4, 0.5) is 10.1 Å². The van der Waals surface area contributed by atoms with Gasteiger partial charge in [0.1, 0.15) is 11.4 Å². The largest absolute Gasteiger partial charge is 0.478 e. The molecule has 0 aromatic heterocycles. The van der Waals surface area contributed by atoms with Crippen LogP contribution in [0, 0.1) is 17.1 Å². The molecule has 7 rings (SSSR count). The minimum absolute atomic E-state index is 0.0127. The lowest BCUT2D eigenvalue weighted by molar-refractivity contribution is -0.132. The zero-order valence-corrected chi connectivity index (χ0v) is 23.4. The van der Waals surface area contributed by atoms with Crippen LogP contribution in [0.3, 0.4) is 0 Å².